The molecule has 0 saturated carbocycles. The molecule has 0 aliphatic heterocycles. The third-order valence-corrected chi connectivity index (χ3v) is 3.97. The average molecular weight is 423 g/mol. The predicted octanol–water partition coefficient (Wildman–Crippen LogP) is 3.03. The zero-order valence-electron chi connectivity index (χ0n) is 14.3. The molecule has 0 heterocycles. The van der Waals surface area contributed by atoms with Gasteiger partial charge in [-0.2, -0.15) is 0 Å². The van der Waals surface area contributed by atoms with Crippen molar-refractivity contribution in [3.8, 4) is 17.2 Å². The van der Waals surface area contributed by atoms with Gasteiger partial charge in [-0.1, -0.05) is 19.1 Å². The Bertz CT molecular complexity index is 810. The first kappa shape index (κ1) is 19.6. The highest BCUT2D eigenvalue weighted by atomic mass is 79.9. The average Bonchev–Trinajstić information content (AvgIpc) is 2.64. The molecule has 2 rings (SSSR count). The van der Waals surface area contributed by atoms with E-state index in [1.807, 2.05) is 6.92 Å². The van der Waals surface area contributed by atoms with E-state index in [0.717, 1.165) is 6.42 Å². The van der Waals surface area contributed by atoms with Crippen molar-refractivity contribution in [3.63, 3.8) is 0 Å². The number of amides is 2. The molecule has 7 nitrogen and oxygen atoms in total. The number of ether oxygens (including phenoxy) is 2. The zero-order chi connectivity index (χ0) is 19.1. The molecule has 0 spiro atoms. The van der Waals surface area contributed by atoms with Crippen molar-refractivity contribution in [3.05, 3.63) is 52.0 Å². The molecule has 0 radical (unpaired) electrons. The van der Waals surface area contributed by atoms with Gasteiger partial charge in [-0.05, 0) is 46.6 Å². The molecule has 0 atom stereocenters. The fourth-order valence-electron chi connectivity index (χ4n) is 2.11. The van der Waals surface area contributed by atoms with E-state index in [1.54, 1.807) is 18.2 Å². The molecule has 3 N–H and O–H groups in total. The molecule has 26 heavy (non-hydrogen) atoms. The fourth-order valence-corrected chi connectivity index (χ4v) is 2.67. The SMILES string of the molecule is CCCOc1c(Br)cc(C(=O)NNC(=O)c2ccccc2O)cc1OC. The van der Waals surface area contributed by atoms with Crippen LogP contribution in [0.3, 0.4) is 0 Å². The maximum atomic E-state index is 12.3. The first-order chi connectivity index (χ1) is 12.5. The van der Waals surface area contributed by atoms with E-state index in [9.17, 15) is 14.7 Å². The number of benzene rings is 2. The minimum atomic E-state index is -0.634. The van der Waals surface area contributed by atoms with Gasteiger partial charge in [-0.15, -0.1) is 0 Å². The first-order valence-electron chi connectivity index (χ1n) is 7.87. The van der Waals surface area contributed by atoms with Crippen molar-refractivity contribution in [1.29, 1.82) is 0 Å². The van der Waals surface area contributed by atoms with Gasteiger partial charge in [0.2, 0.25) is 0 Å². The van der Waals surface area contributed by atoms with Crippen LogP contribution in [0.25, 0.3) is 0 Å². The number of methoxy groups -OCH3 is 1. The molecule has 0 aromatic heterocycles. The van der Waals surface area contributed by atoms with Gasteiger partial charge in [0.25, 0.3) is 11.8 Å². The number of phenols is 1. The van der Waals surface area contributed by atoms with Gasteiger partial charge in [0.15, 0.2) is 11.5 Å². The fraction of sp³-hybridized carbons (Fsp3) is 0.222. The van der Waals surface area contributed by atoms with E-state index in [-0.39, 0.29) is 16.9 Å². The lowest BCUT2D eigenvalue weighted by Crippen LogP contribution is -2.41. The number of hydrazine groups is 1. The van der Waals surface area contributed by atoms with Gasteiger partial charge in [-0.25, -0.2) is 0 Å². The maximum absolute atomic E-state index is 12.3. The summed E-state index contributed by atoms with van der Waals surface area (Å²) in [6.45, 7) is 2.49. The molecular weight excluding hydrogens is 404 g/mol. The molecule has 0 bridgehead atoms. The summed E-state index contributed by atoms with van der Waals surface area (Å²) >= 11 is 3.36. The summed E-state index contributed by atoms with van der Waals surface area (Å²) in [5.41, 5.74) is 4.87. The van der Waals surface area contributed by atoms with Crippen molar-refractivity contribution in [2.45, 2.75) is 13.3 Å². The second-order valence-electron chi connectivity index (χ2n) is 5.26. The third-order valence-electron chi connectivity index (χ3n) is 3.38. The zero-order valence-corrected chi connectivity index (χ0v) is 15.9. The van der Waals surface area contributed by atoms with E-state index >= 15 is 0 Å². The number of rotatable bonds is 6. The Hall–Kier alpha value is -2.74. The Morgan fingerprint density at radius 3 is 2.50 bits per heavy atom. The summed E-state index contributed by atoms with van der Waals surface area (Å²) in [4.78, 5) is 24.3. The van der Waals surface area contributed by atoms with Gasteiger partial charge in [0.05, 0.1) is 23.8 Å². The largest absolute Gasteiger partial charge is 0.507 e. The second-order valence-corrected chi connectivity index (χ2v) is 6.12. The first-order valence-corrected chi connectivity index (χ1v) is 8.66. The van der Waals surface area contributed by atoms with Crippen molar-refractivity contribution in [1.82, 2.24) is 10.9 Å². The van der Waals surface area contributed by atoms with Crippen LogP contribution in [-0.4, -0.2) is 30.6 Å². The molecule has 2 aromatic carbocycles. The normalized spacial score (nSPS) is 10.1. The number of phenolic OH excluding ortho intramolecular Hbond substituents is 1. The highest BCUT2D eigenvalue weighted by molar-refractivity contribution is 9.10. The highest BCUT2D eigenvalue weighted by Crippen LogP contribution is 2.36. The van der Waals surface area contributed by atoms with Crippen LogP contribution in [0.15, 0.2) is 40.9 Å². The van der Waals surface area contributed by atoms with Gasteiger partial charge in [-0.3, -0.25) is 20.4 Å². The van der Waals surface area contributed by atoms with Crippen LogP contribution >= 0.6 is 15.9 Å². The molecule has 0 unspecified atom stereocenters. The Morgan fingerprint density at radius 1 is 1.15 bits per heavy atom. The topological polar surface area (TPSA) is 96.9 Å². The smallest absolute Gasteiger partial charge is 0.273 e. The summed E-state index contributed by atoms with van der Waals surface area (Å²) in [6, 6.07) is 9.10. The Balaban J connectivity index is 2.11. The number of carbonyl (C=O) groups excluding carboxylic acids is 2. The lowest BCUT2D eigenvalue weighted by Gasteiger charge is -2.14. The van der Waals surface area contributed by atoms with E-state index < -0.39 is 11.8 Å². The molecule has 0 fully saturated rings. The highest BCUT2D eigenvalue weighted by Gasteiger charge is 2.17. The number of hydrogen-bond donors (Lipinski definition) is 3. The molecule has 0 aliphatic carbocycles. The molecule has 138 valence electrons. The number of aromatic hydroxyl groups is 1. The lowest BCUT2D eigenvalue weighted by molar-refractivity contribution is 0.0844. The minimum Gasteiger partial charge on any atom is -0.507 e. The summed E-state index contributed by atoms with van der Waals surface area (Å²) in [5.74, 6) is -0.463. The summed E-state index contributed by atoms with van der Waals surface area (Å²) < 4.78 is 11.4. The second kappa shape index (κ2) is 9.10. The lowest BCUT2D eigenvalue weighted by atomic mass is 10.2. The van der Waals surface area contributed by atoms with Crippen molar-refractivity contribution >= 4 is 27.7 Å². The van der Waals surface area contributed by atoms with Crippen LogP contribution in [0.1, 0.15) is 34.1 Å². The third kappa shape index (κ3) is 4.66. The van der Waals surface area contributed by atoms with Gasteiger partial charge < -0.3 is 14.6 Å². The minimum absolute atomic E-state index is 0.0508. The van der Waals surface area contributed by atoms with E-state index in [1.165, 1.54) is 25.3 Å². The number of halogens is 1. The number of nitrogens with one attached hydrogen (secondary N) is 2. The number of hydrogen-bond acceptors (Lipinski definition) is 5. The molecule has 0 aliphatic rings. The van der Waals surface area contributed by atoms with Gasteiger partial charge in [0.1, 0.15) is 5.75 Å². The van der Waals surface area contributed by atoms with E-state index in [4.69, 9.17) is 9.47 Å². The summed E-state index contributed by atoms with van der Waals surface area (Å²) in [6.07, 6.45) is 0.830. The van der Waals surface area contributed by atoms with Gasteiger partial charge >= 0.3 is 0 Å². The molecule has 2 amide bonds. The Kier molecular flexibility index (Phi) is 6.85. The monoisotopic (exact) mass is 422 g/mol. The Morgan fingerprint density at radius 2 is 1.85 bits per heavy atom. The van der Waals surface area contributed by atoms with E-state index in [2.05, 4.69) is 26.8 Å². The van der Waals surface area contributed by atoms with Crippen molar-refractivity contribution in [2.24, 2.45) is 0 Å². The quantitative estimate of drug-likeness (QED) is 0.621. The molecule has 0 saturated heterocycles. The van der Waals surface area contributed by atoms with Crippen molar-refractivity contribution in [2.75, 3.05) is 13.7 Å². The van der Waals surface area contributed by atoms with E-state index in [0.29, 0.717) is 22.6 Å². The van der Waals surface area contributed by atoms with Crippen LogP contribution in [0.2, 0.25) is 0 Å². The standard InChI is InChI=1S/C18H19BrN2O5/c1-3-8-26-16-13(19)9-11(10-15(16)25-2)17(23)20-21-18(24)12-6-4-5-7-14(12)22/h4-7,9-10,22H,3,8H2,1-2H3,(H,20,23)(H,21,24). The summed E-state index contributed by atoms with van der Waals surface area (Å²) in [7, 11) is 1.47. The Labute approximate surface area is 159 Å². The molecule has 8 heteroatoms. The van der Waals surface area contributed by atoms with Crippen LogP contribution in [-0.2, 0) is 0 Å². The maximum Gasteiger partial charge on any atom is 0.273 e. The van der Waals surface area contributed by atoms with Crippen LogP contribution in [0.4, 0.5) is 0 Å². The predicted molar refractivity (Wildman–Crippen MR) is 99.5 cm³/mol. The van der Waals surface area contributed by atoms with Gasteiger partial charge in [0, 0.05) is 5.56 Å². The van der Waals surface area contributed by atoms with Crippen LogP contribution in [0, 0.1) is 0 Å². The molecule has 2 aromatic rings. The number of carbonyl (C=O) groups is 2. The van der Waals surface area contributed by atoms with Crippen molar-refractivity contribution < 1.29 is 24.2 Å². The molecular formula is C18H19BrN2O5. The van der Waals surface area contributed by atoms with Crippen LogP contribution < -0.4 is 20.3 Å². The number of para-hydroxylation sites is 1. The summed E-state index contributed by atoms with van der Waals surface area (Å²) in [5, 5.41) is 9.66. The van der Waals surface area contributed by atoms with Crippen LogP contribution in [0.5, 0.6) is 17.2 Å².